The van der Waals surface area contributed by atoms with E-state index in [0.717, 1.165) is 26.1 Å². The molecule has 1 aromatic carbocycles. The number of fused-ring (bicyclic) bond motifs is 1. The summed E-state index contributed by atoms with van der Waals surface area (Å²) in [5, 5.41) is 8.87. The largest absolute Gasteiger partial charge is 0.378 e. The molecule has 98 valence electrons. The highest BCUT2D eigenvalue weighted by Gasteiger charge is 2.10. The van der Waals surface area contributed by atoms with Crippen LogP contribution >= 0.6 is 38.9 Å². The highest BCUT2D eigenvalue weighted by atomic mass is 79.9. The lowest BCUT2D eigenvalue weighted by Gasteiger charge is -2.07. The zero-order chi connectivity index (χ0) is 13.4. The Morgan fingerprint density at radius 1 is 1.47 bits per heavy atom. The predicted molar refractivity (Wildman–Crippen MR) is 82.9 cm³/mol. The molecule has 2 heterocycles. The lowest BCUT2D eigenvalue weighted by molar-refractivity contribution is 0.788. The second-order valence-corrected chi connectivity index (χ2v) is 6.50. The van der Waals surface area contributed by atoms with E-state index in [9.17, 15) is 0 Å². The molecule has 0 aliphatic heterocycles. The van der Waals surface area contributed by atoms with Crippen molar-refractivity contribution in [2.75, 3.05) is 5.32 Å². The number of benzene rings is 1. The number of rotatable bonds is 3. The fourth-order valence-corrected chi connectivity index (χ4v) is 3.46. The first kappa shape index (κ1) is 12.9. The summed E-state index contributed by atoms with van der Waals surface area (Å²) in [6.45, 7) is 0.701. The molecule has 0 aliphatic rings. The number of halogens is 2. The van der Waals surface area contributed by atoms with E-state index in [1.807, 2.05) is 29.9 Å². The molecule has 7 heteroatoms. The van der Waals surface area contributed by atoms with Crippen LogP contribution in [0.2, 0.25) is 4.47 Å². The first-order valence-corrected chi connectivity index (χ1v) is 7.59. The number of anilines is 1. The molecule has 3 rings (SSSR count). The Hall–Kier alpha value is -1.11. The van der Waals surface area contributed by atoms with Gasteiger partial charge in [0.05, 0.1) is 17.7 Å². The number of hydrogen-bond acceptors (Lipinski definition) is 4. The van der Waals surface area contributed by atoms with Crippen molar-refractivity contribution in [1.82, 2.24) is 14.8 Å². The molecule has 0 fully saturated rings. The highest BCUT2D eigenvalue weighted by Crippen LogP contribution is 2.29. The molecule has 0 saturated heterocycles. The average Bonchev–Trinajstić information content (AvgIpc) is 2.92. The van der Waals surface area contributed by atoms with Crippen molar-refractivity contribution in [3.63, 3.8) is 0 Å². The number of aromatic nitrogens is 3. The van der Waals surface area contributed by atoms with Gasteiger partial charge in [-0.05, 0) is 28.1 Å². The molecule has 1 N–H and O–H groups in total. The first-order chi connectivity index (χ1) is 9.15. The molecule has 0 bridgehead atoms. The predicted octanol–water partition coefficient (Wildman–Crippen LogP) is 4.06. The van der Waals surface area contributed by atoms with E-state index >= 15 is 0 Å². The molecule has 0 aliphatic carbocycles. The number of thiazole rings is 1. The van der Waals surface area contributed by atoms with Crippen molar-refractivity contribution in [1.29, 1.82) is 0 Å². The summed E-state index contributed by atoms with van der Waals surface area (Å²) < 4.78 is 3.29. The monoisotopic (exact) mass is 356 g/mol. The maximum absolute atomic E-state index is 5.83. The Morgan fingerprint density at radius 3 is 3.05 bits per heavy atom. The Bertz CT molecular complexity index is 736. The summed E-state index contributed by atoms with van der Waals surface area (Å²) in [6, 6.07) is 6.09. The van der Waals surface area contributed by atoms with Gasteiger partial charge in [-0.15, -0.1) is 11.3 Å². The number of hydrogen-bond donors (Lipinski definition) is 1. The molecule has 0 unspecified atom stereocenters. The van der Waals surface area contributed by atoms with Crippen LogP contribution < -0.4 is 5.32 Å². The lowest BCUT2D eigenvalue weighted by Crippen LogP contribution is -2.00. The second-order valence-electron chi connectivity index (χ2n) is 4.05. The topological polar surface area (TPSA) is 42.7 Å². The zero-order valence-corrected chi connectivity index (χ0v) is 13.2. The van der Waals surface area contributed by atoms with Crippen molar-refractivity contribution in [3.05, 3.63) is 38.3 Å². The minimum atomic E-state index is 0.568. The van der Waals surface area contributed by atoms with Crippen LogP contribution in [0.4, 0.5) is 5.69 Å². The van der Waals surface area contributed by atoms with Crippen molar-refractivity contribution in [3.8, 4) is 0 Å². The molecular weight excluding hydrogens is 348 g/mol. The van der Waals surface area contributed by atoms with Crippen molar-refractivity contribution >= 4 is 55.5 Å². The van der Waals surface area contributed by atoms with Crippen LogP contribution in [0.15, 0.2) is 29.0 Å². The minimum absolute atomic E-state index is 0.568. The standard InChI is InChI=1S/C12H10BrClN4S/c1-18-10-8(11(13)17-18)3-2-4-9(10)15-5-7-6-16-12(14)19-7/h2-4,6,15H,5H2,1H3. The van der Waals surface area contributed by atoms with Crippen LogP contribution in [0.3, 0.4) is 0 Å². The zero-order valence-electron chi connectivity index (χ0n) is 10.0. The number of aryl methyl sites for hydroxylation is 1. The third kappa shape index (κ3) is 2.48. The van der Waals surface area contributed by atoms with E-state index in [2.05, 4.69) is 31.3 Å². The maximum Gasteiger partial charge on any atom is 0.183 e. The molecule has 4 nitrogen and oxygen atoms in total. The molecule has 0 atom stereocenters. The van der Waals surface area contributed by atoms with E-state index in [1.54, 1.807) is 6.20 Å². The number of nitrogens with one attached hydrogen (secondary N) is 1. The van der Waals surface area contributed by atoms with Gasteiger partial charge in [0.2, 0.25) is 0 Å². The lowest BCUT2D eigenvalue weighted by atomic mass is 10.2. The third-order valence-corrected chi connectivity index (χ3v) is 4.50. The molecular formula is C12H10BrClN4S. The van der Waals surface area contributed by atoms with Gasteiger partial charge in [0.1, 0.15) is 4.60 Å². The Labute approximate surface area is 127 Å². The van der Waals surface area contributed by atoms with Gasteiger partial charge >= 0.3 is 0 Å². The van der Waals surface area contributed by atoms with Crippen LogP contribution in [0.5, 0.6) is 0 Å². The summed E-state index contributed by atoms with van der Waals surface area (Å²) >= 11 is 10.8. The van der Waals surface area contributed by atoms with E-state index < -0.39 is 0 Å². The van der Waals surface area contributed by atoms with Crippen LogP contribution in [-0.2, 0) is 13.6 Å². The third-order valence-electron chi connectivity index (χ3n) is 2.80. The number of nitrogens with zero attached hydrogens (tertiary/aromatic N) is 3. The normalized spacial score (nSPS) is 11.1. The van der Waals surface area contributed by atoms with E-state index in [4.69, 9.17) is 11.6 Å². The SMILES string of the molecule is Cn1nc(Br)c2cccc(NCc3cnc(Cl)s3)c21. The maximum atomic E-state index is 5.83. The molecule has 19 heavy (non-hydrogen) atoms. The molecule has 2 aromatic heterocycles. The van der Waals surface area contributed by atoms with Crippen molar-refractivity contribution in [2.45, 2.75) is 6.54 Å². The average molecular weight is 358 g/mol. The van der Waals surface area contributed by atoms with E-state index in [1.165, 1.54) is 11.3 Å². The summed E-state index contributed by atoms with van der Waals surface area (Å²) in [4.78, 5) is 5.13. The van der Waals surface area contributed by atoms with Crippen LogP contribution in [0, 0.1) is 0 Å². The quantitative estimate of drug-likeness (QED) is 0.768. The van der Waals surface area contributed by atoms with Gasteiger partial charge in [0.15, 0.2) is 4.47 Å². The Kier molecular flexibility index (Phi) is 3.47. The van der Waals surface area contributed by atoms with Crippen molar-refractivity contribution in [2.24, 2.45) is 7.05 Å². The van der Waals surface area contributed by atoms with Crippen molar-refractivity contribution < 1.29 is 0 Å². The first-order valence-electron chi connectivity index (χ1n) is 5.60. The molecule has 0 saturated carbocycles. The fraction of sp³-hybridized carbons (Fsp3) is 0.167. The van der Waals surface area contributed by atoms with Gasteiger partial charge in [0.25, 0.3) is 0 Å². The Morgan fingerprint density at radius 2 is 2.32 bits per heavy atom. The van der Waals surface area contributed by atoms with Gasteiger partial charge in [-0.3, -0.25) is 4.68 Å². The number of para-hydroxylation sites is 1. The van der Waals surface area contributed by atoms with E-state index in [0.29, 0.717) is 11.0 Å². The molecule has 0 spiro atoms. The van der Waals surface area contributed by atoms with Crippen LogP contribution in [-0.4, -0.2) is 14.8 Å². The van der Waals surface area contributed by atoms with Gasteiger partial charge in [0, 0.05) is 23.5 Å². The van der Waals surface area contributed by atoms with Gasteiger partial charge in [-0.2, -0.15) is 5.10 Å². The summed E-state index contributed by atoms with van der Waals surface area (Å²) in [5.41, 5.74) is 2.12. The summed E-state index contributed by atoms with van der Waals surface area (Å²) in [5.74, 6) is 0. The van der Waals surface area contributed by atoms with Crippen LogP contribution in [0.25, 0.3) is 10.9 Å². The fourth-order valence-electron chi connectivity index (χ4n) is 1.98. The van der Waals surface area contributed by atoms with Gasteiger partial charge in [-0.1, -0.05) is 17.7 Å². The molecule has 3 aromatic rings. The smallest absolute Gasteiger partial charge is 0.183 e. The van der Waals surface area contributed by atoms with E-state index in [-0.39, 0.29) is 0 Å². The minimum Gasteiger partial charge on any atom is -0.378 e. The molecule has 0 amide bonds. The molecule has 0 radical (unpaired) electrons. The Balaban J connectivity index is 1.92. The van der Waals surface area contributed by atoms with Gasteiger partial charge in [-0.25, -0.2) is 4.98 Å². The second kappa shape index (κ2) is 5.11. The summed E-state index contributed by atoms with van der Waals surface area (Å²) in [6.07, 6.45) is 1.79. The van der Waals surface area contributed by atoms with Crippen LogP contribution in [0.1, 0.15) is 4.88 Å². The highest BCUT2D eigenvalue weighted by molar-refractivity contribution is 9.10. The van der Waals surface area contributed by atoms with Gasteiger partial charge < -0.3 is 5.32 Å². The summed E-state index contributed by atoms with van der Waals surface area (Å²) in [7, 11) is 1.93.